The lowest BCUT2D eigenvalue weighted by molar-refractivity contribution is -0.163. The Morgan fingerprint density at radius 1 is 1.13 bits per heavy atom. The van der Waals surface area contributed by atoms with E-state index in [2.05, 4.69) is 20.9 Å². The Morgan fingerprint density at radius 2 is 1.84 bits per heavy atom. The Labute approximate surface area is 189 Å². The summed E-state index contributed by atoms with van der Waals surface area (Å²) in [5.74, 6) is -1.02. The molecule has 31 heavy (non-hydrogen) atoms. The lowest BCUT2D eigenvalue weighted by Gasteiger charge is -2.53. The number of carbonyl (C=O) groups excluding carboxylic acids is 1. The van der Waals surface area contributed by atoms with Crippen LogP contribution in [0.25, 0.3) is 0 Å². The maximum Gasteiger partial charge on any atom is 0.410 e. The molecule has 2 unspecified atom stereocenters. The van der Waals surface area contributed by atoms with Crippen LogP contribution >= 0.6 is 15.9 Å². The van der Waals surface area contributed by atoms with Gasteiger partial charge in [-0.05, 0) is 46.8 Å². The van der Waals surface area contributed by atoms with Crippen LogP contribution in [-0.4, -0.2) is 45.7 Å². The summed E-state index contributed by atoms with van der Waals surface area (Å²) in [6, 6.07) is 13.2. The van der Waals surface area contributed by atoms with E-state index in [-0.39, 0.29) is 24.8 Å². The first kappa shape index (κ1) is 21.8. The van der Waals surface area contributed by atoms with E-state index in [0.29, 0.717) is 17.4 Å². The quantitative estimate of drug-likeness (QED) is 0.602. The first-order chi connectivity index (χ1) is 15.0. The fraction of sp³-hybridized carbons (Fsp3) is 0.435. The molecule has 7 nitrogen and oxygen atoms in total. The molecule has 2 bridgehead atoms. The van der Waals surface area contributed by atoms with Crippen LogP contribution < -0.4 is 0 Å². The zero-order chi connectivity index (χ0) is 21.8. The highest BCUT2D eigenvalue weighted by atomic mass is 79.9. The van der Waals surface area contributed by atoms with Gasteiger partial charge in [0.25, 0.3) is 0 Å². The molecule has 2 fully saturated rings. The Balaban J connectivity index is 1.56. The van der Waals surface area contributed by atoms with Crippen molar-refractivity contribution in [2.75, 3.05) is 6.61 Å². The number of hydrogen-bond donors (Lipinski definition) is 1. The Hall–Kier alpha value is -2.45. The fourth-order valence-electron chi connectivity index (χ4n) is 4.84. The van der Waals surface area contributed by atoms with E-state index in [1.54, 1.807) is 6.20 Å². The molecular weight excluding hydrogens is 464 g/mol. The summed E-state index contributed by atoms with van der Waals surface area (Å²) in [5, 5.41) is 9.26. The number of amides is 1. The first-order valence-electron chi connectivity index (χ1n) is 10.4. The van der Waals surface area contributed by atoms with Crippen molar-refractivity contribution in [2.24, 2.45) is 0 Å². The topological polar surface area (TPSA) is 89.0 Å². The molecule has 164 valence electrons. The number of ether oxygens (including phenoxy) is 2. The smallest absolute Gasteiger partial charge is 0.410 e. The summed E-state index contributed by atoms with van der Waals surface area (Å²) in [5.41, 5.74) is 0.944. The highest BCUT2D eigenvalue weighted by Crippen LogP contribution is 2.48. The SMILES string of the molecule is O=C(O)COC1(c2cccnc2Br)CC2CCCC(C1)N2C(=O)OCc1ccccc1. The third kappa shape index (κ3) is 4.75. The molecule has 2 atom stereocenters. The molecule has 1 aromatic heterocycles. The molecule has 0 aliphatic carbocycles. The summed E-state index contributed by atoms with van der Waals surface area (Å²) in [6.45, 7) is -0.177. The van der Waals surface area contributed by atoms with Gasteiger partial charge < -0.3 is 19.5 Å². The molecule has 2 saturated heterocycles. The van der Waals surface area contributed by atoms with Crippen molar-refractivity contribution in [3.8, 4) is 0 Å². The van der Waals surface area contributed by atoms with Crippen molar-refractivity contribution in [3.63, 3.8) is 0 Å². The summed E-state index contributed by atoms with van der Waals surface area (Å²) in [7, 11) is 0. The van der Waals surface area contributed by atoms with Crippen LogP contribution in [0.2, 0.25) is 0 Å². The fourth-order valence-corrected chi connectivity index (χ4v) is 5.46. The Morgan fingerprint density at radius 3 is 2.48 bits per heavy atom. The summed E-state index contributed by atoms with van der Waals surface area (Å²) >= 11 is 3.50. The second-order valence-corrected chi connectivity index (χ2v) is 8.86. The largest absolute Gasteiger partial charge is 0.480 e. The van der Waals surface area contributed by atoms with Gasteiger partial charge in [-0.2, -0.15) is 0 Å². The van der Waals surface area contributed by atoms with Crippen LogP contribution in [0.15, 0.2) is 53.3 Å². The average Bonchev–Trinajstić information content (AvgIpc) is 2.76. The van der Waals surface area contributed by atoms with Gasteiger partial charge in [0.15, 0.2) is 0 Å². The van der Waals surface area contributed by atoms with Gasteiger partial charge in [-0.1, -0.05) is 36.4 Å². The number of rotatable bonds is 6. The van der Waals surface area contributed by atoms with Crippen LogP contribution in [0, 0.1) is 0 Å². The van der Waals surface area contributed by atoms with E-state index in [4.69, 9.17) is 9.47 Å². The number of carboxylic acids is 1. The zero-order valence-corrected chi connectivity index (χ0v) is 18.7. The second kappa shape index (κ2) is 9.36. The molecule has 2 aliphatic rings. The van der Waals surface area contributed by atoms with Crippen LogP contribution in [0.5, 0.6) is 0 Å². The van der Waals surface area contributed by atoms with Crippen molar-refractivity contribution in [3.05, 3.63) is 64.4 Å². The number of halogens is 1. The normalized spacial score (nSPS) is 25.1. The Bertz CT molecular complexity index is 925. The number of carboxylic acid groups (broad SMARTS) is 1. The molecule has 0 radical (unpaired) electrons. The van der Waals surface area contributed by atoms with Gasteiger partial charge in [0, 0.05) is 36.7 Å². The number of aliphatic carboxylic acids is 1. The molecule has 8 heteroatoms. The maximum absolute atomic E-state index is 13.0. The van der Waals surface area contributed by atoms with Gasteiger partial charge in [-0.15, -0.1) is 0 Å². The third-order valence-electron chi connectivity index (χ3n) is 6.13. The van der Waals surface area contributed by atoms with Crippen LogP contribution in [0.3, 0.4) is 0 Å². The third-order valence-corrected chi connectivity index (χ3v) is 6.76. The predicted octanol–water partition coefficient (Wildman–Crippen LogP) is 4.49. The summed E-state index contributed by atoms with van der Waals surface area (Å²) < 4.78 is 12.3. The van der Waals surface area contributed by atoms with Crippen molar-refractivity contribution < 1.29 is 24.2 Å². The Kier molecular flexibility index (Phi) is 6.57. The van der Waals surface area contributed by atoms with Crippen LogP contribution in [0.1, 0.15) is 43.2 Å². The minimum atomic E-state index is -1.02. The van der Waals surface area contributed by atoms with Crippen molar-refractivity contribution in [1.29, 1.82) is 0 Å². The molecule has 1 aromatic carbocycles. The number of fused-ring (bicyclic) bond motifs is 2. The number of piperidine rings is 2. The zero-order valence-electron chi connectivity index (χ0n) is 17.1. The average molecular weight is 489 g/mol. The molecule has 0 saturated carbocycles. The lowest BCUT2D eigenvalue weighted by Crippen LogP contribution is -2.59. The summed E-state index contributed by atoms with van der Waals surface area (Å²) in [6.07, 6.45) is 5.02. The minimum Gasteiger partial charge on any atom is -0.480 e. The molecule has 0 spiro atoms. The van der Waals surface area contributed by atoms with Gasteiger partial charge in [-0.3, -0.25) is 0 Å². The number of nitrogens with zero attached hydrogens (tertiary/aromatic N) is 2. The predicted molar refractivity (Wildman–Crippen MR) is 116 cm³/mol. The second-order valence-electron chi connectivity index (χ2n) is 8.11. The van der Waals surface area contributed by atoms with Gasteiger partial charge in [0.05, 0.1) is 0 Å². The highest BCUT2D eigenvalue weighted by molar-refractivity contribution is 9.10. The van der Waals surface area contributed by atoms with E-state index in [1.165, 1.54) is 0 Å². The van der Waals surface area contributed by atoms with E-state index < -0.39 is 18.2 Å². The monoisotopic (exact) mass is 488 g/mol. The highest BCUT2D eigenvalue weighted by Gasteiger charge is 2.51. The summed E-state index contributed by atoms with van der Waals surface area (Å²) in [4.78, 5) is 30.5. The number of aromatic nitrogens is 1. The molecule has 2 aliphatic heterocycles. The molecule has 1 amide bonds. The van der Waals surface area contributed by atoms with Crippen molar-refractivity contribution in [1.82, 2.24) is 9.88 Å². The first-order valence-corrected chi connectivity index (χ1v) is 11.2. The van der Waals surface area contributed by atoms with Gasteiger partial charge in [0.1, 0.15) is 23.4 Å². The molecule has 3 heterocycles. The van der Waals surface area contributed by atoms with Crippen LogP contribution in [0.4, 0.5) is 4.79 Å². The molecule has 4 rings (SSSR count). The van der Waals surface area contributed by atoms with Gasteiger partial charge in [0.2, 0.25) is 0 Å². The van der Waals surface area contributed by atoms with E-state index in [0.717, 1.165) is 30.4 Å². The van der Waals surface area contributed by atoms with Crippen molar-refractivity contribution in [2.45, 2.75) is 56.4 Å². The number of benzene rings is 1. The lowest BCUT2D eigenvalue weighted by atomic mass is 9.72. The maximum atomic E-state index is 13.0. The number of hydrogen-bond acceptors (Lipinski definition) is 5. The van der Waals surface area contributed by atoms with E-state index >= 15 is 0 Å². The van der Waals surface area contributed by atoms with E-state index in [9.17, 15) is 14.7 Å². The van der Waals surface area contributed by atoms with E-state index in [1.807, 2.05) is 47.4 Å². The molecule has 2 aromatic rings. The number of carbonyl (C=O) groups is 2. The molecular formula is C23H25BrN2O5. The van der Waals surface area contributed by atoms with Gasteiger partial charge in [-0.25, -0.2) is 14.6 Å². The molecule has 1 N–H and O–H groups in total. The minimum absolute atomic E-state index is 0.0864. The van der Waals surface area contributed by atoms with Gasteiger partial charge >= 0.3 is 12.1 Å². The number of pyridine rings is 1. The van der Waals surface area contributed by atoms with Crippen molar-refractivity contribution >= 4 is 28.0 Å². The standard InChI is InChI=1S/C23H25BrN2O5/c24-21-19(10-5-11-25-21)23(31-15-20(27)28)12-17-8-4-9-18(13-23)26(17)22(29)30-14-16-6-2-1-3-7-16/h1-3,5-7,10-11,17-18H,4,8-9,12-15H2,(H,27,28). The van der Waals surface area contributed by atoms with Crippen LogP contribution in [-0.2, 0) is 26.5 Å².